The summed E-state index contributed by atoms with van der Waals surface area (Å²) in [5.41, 5.74) is 6.72. The molecule has 1 saturated heterocycles. The summed E-state index contributed by atoms with van der Waals surface area (Å²) >= 11 is 0. The number of anilines is 2. The highest BCUT2D eigenvalue weighted by Gasteiger charge is 2.29. The molecule has 9 heteroatoms. The van der Waals surface area contributed by atoms with Crippen LogP contribution in [0.25, 0.3) is 0 Å². The topological polar surface area (TPSA) is 128 Å². The van der Waals surface area contributed by atoms with Crippen LogP contribution in [0, 0.1) is 5.41 Å². The van der Waals surface area contributed by atoms with E-state index < -0.39 is 5.69 Å². The summed E-state index contributed by atoms with van der Waals surface area (Å²) in [6, 6.07) is 16.5. The van der Waals surface area contributed by atoms with E-state index in [1.807, 2.05) is 54.1 Å². The first-order valence-electron chi connectivity index (χ1n) is 11.7. The van der Waals surface area contributed by atoms with E-state index in [2.05, 4.69) is 9.97 Å². The highest BCUT2D eigenvalue weighted by atomic mass is 16.5. The largest absolute Gasteiger partial charge is 0.457 e. The number of piperidine rings is 1. The number of para-hydroxylation sites is 1. The Balaban J connectivity index is 1.61. The Morgan fingerprint density at radius 1 is 1.20 bits per heavy atom. The van der Waals surface area contributed by atoms with Crippen LogP contribution >= 0.6 is 0 Å². The fourth-order valence-electron chi connectivity index (χ4n) is 4.33. The molecule has 4 rings (SSSR count). The van der Waals surface area contributed by atoms with Gasteiger partial charge in [-0.3, -0.25) is 15.2 Å². The highest BCUT2D eigenvalue weighted by Crippen LogP contribution is 2.28. The van der Waals surface area contributed by atoms with Crippen molar-refractivity contribution in [3.05, 3.63) is 76.2 Å². The number of carbonyl (C=O) groups is 1. The standard InChI is InChI=1S/C26H30N6O3/c1-3-21(33)32-15-7-8-18(16-32)31(2)25-22(24(28)29-26(34)30-25)23(27)17-11-13-20(14-12-17)35-19-9-5-4-6-10-19/h4-6,9-14,18,27H,3,7-8,15-16H2,1-2H3,(H3,28,29,30,34). The van der Waals surface area contributed by atoms with Gasteiger partial charge in [-0.1, -0.05) is 25.1 Å². The van der Waals surface area contributed by atoms with Crippen LogP contribution in [-0.4, -0.2) is 52.7 Å². The number of H-pyrrole nitrogens is 1. The Labute approximate surface area is 204 Å². The van der Waals surface area contributed by atoms with Gasteiger partial charge in [0.25, 0.3) is 0 Å². The number of aromatic nitrogens is 2. The quantitative estimate of drug-likeness (QED) is 0.450. The first-order chi connectivity index (χ1) is 16.9. The minimum absolute atomic E-state index is 0.0406. The third kappa shape index (κ3) is 5.34. The number of hydrogen-bond acceptors (Lipinski definition) is 7. The zero-order valence-corrected chi connectivity index (χ0v) is 20.0. The number of carbonyl (C=O) groups excluding carboxylic acids is 1. The Kier molecular flexibility index (Phi) is 7.14. The van der Waals surface area contributed by atoms with Gasteiger partial charge in [-0.15, -0.1) is 0 Å². The zero-order valence-electron chi connectivity index (χ0n) is 20.0. The van der Waals surface area contributed by atoms with E-state index in [1.54, 1.807) is 24.3 Å². The molecule has 0 aliphatic carbocycles. The number of likely N-dealkylation sites (N-methyl/N-ethyl adjacent to an activating group) is 1. The second-order valence-corrected chi connectivity index (χ2v) is 8.57. The summed E-state index contributed by atoms with van der Waals surface area (Å²) < 4.78 is 5.84. The number of likely N-dealkylation sites (tertiary alicyclic amines) is 1. The second-order valence-electron chi connectivity index (χ2n) is 8.57. The number of amides is 1. The van der Waals surface area contributed by atoms with Gasteiger partial charge in [-0.2, -0.15) is 4.98 Å². The van der Waals surface area contributed by atoms with E-state index in [0.29, 0.717) is 35.7 Å². The summed E-state index contributed by atoms with van der Waals surface area (Å²) in [4.78, 5) is 34.9. The van der Waals surface area contributed by atoms with Crippen molar-refractivity contribution in [2.75, 3.05) is 30.8 Å². The van der Waals surface area contributed by atoms with Crippen LogP contribution in [0.2, 0.25) is 0 Å². The molecule has 182 valence electrons. The van der Waals surface area contributed by atoms with Crippen molar-refractivity contribution in [3.8, 4) is 11.5 Å². The van der Waals surface area contributed by atoms with Crippen molar-refractivity contribution in [3.63, 3.8) is 0 Å². The molecule has 0 bridgehead atoms. The normalized spacial score (nSPS) is 15.5. The molecule has 1 atom stereocenters. The molecule has 2 heterocycles. The minimum atomic E-state index is -0.579. The zero-order chi connectivity index (χ0) is 24.9. The smallest absolute Gasteiger partial charge is 0.348 e. The van der Waals surface area contributed by atoms with Gasteiger partial charge in [0.15, 0.2) is 0 Å². The van der Waals surface area contributed by atoms with Crippen LogP contribution < -0.4 is 21.1 Å². The summed E-state index contributed by atoms with van der Waals surface area (Å²) in [6.07, 6.45) is 2.15. The second kappa shape index (κ2) is 10.4. The molecule has 1 aliphatic heterocycles. The SMILES string of the molecule is CCC(=O)N1CCCC(N(C)c2nc(=O)[nH]c(N)c2C(=N)c2ccc(Oc3ccccc3)cc2)C1. The maximum absolute atomic E-state index is 12.3. The maximum atomic E-state index is 12.3. The molecule has 1 fully saturated rings. The molecule has 35 heavy (non-hydrogen) atoms. The Morgan fingerprint density at radius 3 is 2.57 bits per heavy atom. The third-order valence-corrected chi connectivity index (χ3v) is 6.25. The molecule has 4 N–H and O–H groups in total. The van der Waals surface area contributed by atoms with Gasteiger partial charge in [0.2, 0.25) is 5.91 Å². The lowest BCUT2D eigenvalue weighted by Gasteiger charge is -2.38. The van der Waals surface area contributed by atoms with Gasteiger partial charge in [0.1, 0.15) is 23.1 Å². The number of nitrogen functional groups attached to an aromatic ring is 1. The summed E-state index contributed by atoms with van der Waals surface area (Å²) in [5.74, 6) is 1.87. The molecule has 2 aromatic carbocycles. The molecule has 0 radical (unpaired) electrons. The van der Waals surface area contributed by atoms with E-state index in [9.17, 15) is 9.59 Å². The van der Waals surface area contributed by atoms with Crippen LogP contribution in [0.4, 0.5) is 11.6 Å². The fraction of sp³-hybridized carbons (Fsp3) is 0.308. The van der Waals surface area contributed by atoms with Gasteiger partial charge in [0.05, 0.1) is 11.3 Å². The lowest BCUT2D eigenvalue weighted by molar-refractivity contribution is -0.132. The van der Waals surface area contributed by atoms with Crippen molar-refractivity contribution < 1.29 is 9.53 Å². The summed E-state index contributed by atoms with van der Waals surface area (Å²) in [6.45, 7) is 3.11. The van der Waals surface area contributed by atoms with Crippen LogP contribution in [0.1, 0.15) is 37.3 Å². The van der Waals surface area contributed by atoms with E-state index in [1.165, 1.54) is 0 Å². The number of nitrogens with two attached hydrogens (primary N) is 1. The minimum Gasteiger partial charge on any atom is -0.457 e. The van der Waals surface area contributed by atoms with Gasteiger partial charge in [-0.05, 0) is 49.2 Å². The average molecular weight is 475 g/mol. The van der Waals surface area contributed by atoms with Crippen LogP contribution in [0.15, 0.2) is 59.4 Å². The van der Waals surface area contributed by atoms with Gasteiger partial charge < -0.3 is 20.3 Å². The van der Waals surface area contributed by atoms with Crippen LogP contribution in [-0.2, 0) is 4.79 Å². The maximum Gasteiger partial charge on any atom is 0.348 e. The first-order valence-corrected chi connectivity index (χ1v) is 11.7. The van der Waals surface area contributed by atoms with Crippen LogP contribution in [0.5, 0.6) is 11.5 Å². The number of benzene rings is 2. The van der Waals surface area contributed by atoms with Crippen molar-refractivity contribution in [2.45, 2.75) is 32.2 Å². The molecule has 1 unspecified atom stereocenters. The van der Waals surface area contributed by atoms with Crippen LogP contribution in [0.3, 0.4) is 0 Å². The van der Waals surface area contributed by atoms with E-state index in [-0.39, 0.29) is 23.5 Å². The number of nitrogens with one attached hydrogen (secondary N) is 2. The monoisotopic (exact) mass is 474 g/mol. The van der Waals surface area contributed by atoms with Gasteiger partial charge in [0, 0.05) is 38.2 Å². The van der Waals surface area contributed by atoms with Gasteiger partial charge in [-0.25, -0.2) is 4.79 Å². The average Bonchev–Trinajstić information content (AvgIpc) is 2.88. The first kappa shape index (κ1) is 24.0. The van der Waals surface area contributed by atoms with E-state index in [0.717, 1.165) is 25.1 Å². The molecule has 1 aliphatic rings. The number of rotatable bonds is 7. The summed E-state index contributed by atoms with van der Waals surface area (Å²) in [5, 5.41) is 8.89. The van der Waals surface area contributed by atoms with Gasteiger partial charge >= 0.3 is 5.69 Å². The Bertz CT molecular complexity index is 1260. The molecule has 1 amide bonds. The highest BCUT2D eigenvalue weighted by molar-refractivity contribution is 6.16. The van der Waals surface area contributed by atoms with E-state index >= 15 is 0 Å². The molecule has 1 aromatic heterocycles. The van der Waals surface area contributed by atoms with Crippen molar-refractivity contribution in [1.29, 1.82) is 5.41 Å². The predicted molar refractivity (Wildman–Crippen MR) is 136 cm³/mol. The van der Waals surface area contributed by atoms with Crippen molar-refractivity contribution in [2.24, 2.45) is 0 Å². The van der Waals surface area contributed by atoms with Crippen molar-refractivity contribution >= 4 is 23.3 Å². The molecule has 3 aromatic rings. The molecular formula is C26H30N6O3. The molecule has 0 spiro atoms. The Hall–Kier alpha value is -4.14. The van der Waals surface area contributed by atoms with E-state index in [4.69, 9.17) is 15.9 Å². The summed E-state index contributed by atoms with van der Waals surface area (Å²) in [7, 11) is 1.83. The lowest BCUT2D eigenvalue weighted by Crippen LogP contribution is -2.49. The lowest BCUT2D eigenvalue weighted by atomic mass is 10.00. The molecule has 0 saturated carbocycles. The fourth-order valence-corrected chi connectivity index (χ4v) is 4.33. The third-order valence-electron chi connectivity index (χ3n) is 6.25. The predicted octanol–water partition coefficient (Wildman–Crippen LogP) is 3.40. The molecular weight excluding hydrogens is 444 g/mol. The number of hydrogen-bond donors (Lipinski definition) is 3. The number of aromatic amines is 1. The number of ether oxygens (including phenoxy) is 1. The molecule has 9 nitrogen and oxygen atoms in total. The van der Waals surface area contributed by atoms with Crippen molar-refractivity contribution in [1.82, 2.24) is 14.9 Å². The Morgan fingerprint density at radius 2 is 1.89 bits per heavy atom. The number of nitrogens with zero attached hydrogens (tertiary/aromatic N) is 3.